The zero-order valence-corrected chi connectivity index (χ0v) is 31.5. The summed E-state index contributed by atoms with van der Waals surface area (Å²) in [6, 6.07) is 77.3. The lowest BCUT2D eigenvalue weighted by atomic mass is 9.84. The van der Waals surface area contributed by atoms with Crippen molar-refractivity contribution in [3.05, 3.63) is 223 Å². The Hall–Kier alpha value is -7.36. The molecule has 11 rings (SSSR count). The maximum Gasteiger partial charge on any atom is 0.0583 e. The van der Waals surface area contributed by atoms with Gasteiger partial charge in [-0.15, -0.1) is 0 Å². The smallest absolute Gasteiger partial charge is 0.0583 e. The summed E-state index contributed by atoms with van der Waals surface area (Å²) in [4.78, 5) is 4.80. The van der Waals surface area contributed by atoms with Crippen LogP contribution in [0.1, 0.15) is 11.1 Å². The Balaban J connectivity index is 1.21. The molecule has 0 spiro atoms. The largest absolute Gasteiger partial charge is 0.310 e. The molecule has 0 saturated carbocycles. The van der Waals surface area contributed by atoms with E-state index in [0.717, 1.165) is 52.5 Å². The minimum Gasteiger partial charge on any atom is -0.310 e. The minimum atomic E-state index is 1.01. The van der Waals surface area contributed by atoms with Crippen LogP contribution in [0.25, 0.3) is 49.4 Å². The molecule has 0 fully saturated rings. The molecule has 0 amide bonds. The van der Waals surface area contributed by atoms with Gasteiger partial charge in [-0.25, -0.2) is 0 Å². The Bertz CT molecular complexity index is 2980. The van der Waals surface area contributed by atoms with Crippen LogP contribution in [-0.4, -0.2) is 4.57 Å². The van der Waals surface area contributed by atoms with Crippen LogP contribution >= 0.6 is 0 Å². The first kappa shape index (κ1) is 33.0. The van der Waals surface area contributed by atoms with Gasteiger partial charge in [0.2, 0.25) is 0 Å². The number of nitrogens with zero attached hydrogens (tertiary/aromatic N) is 3. The zero-order valence-electron chi connectivity index (χ0n) is 31.5. The number of aromatic nitrogens is 1. The molecule has 0 unspecified atom stereocenters. The predicted octanol–water partition coefficient (Wildman–Crippen LogP) is 14.6. The van der Waals surface area contributed by atoms with Crippen LogP contribution in [-0.2, 0) is 12.8 Å². The van der Waals surface area contributed by atoms with Crippen LogP contribution in [0.15, 0.2) is 212 Å². The molecule has 0 bridgehead atoms. The number of benzene rings is 9. The molecule has 1 aromatic heterocycles. The molecule has 0 atom stereocenters. The third-order valence-electron chi connectivity index (χ3n) is 11.6. The number of fused-ring (bicyclic) bond motifs is 7. The van der Waals surface area contributed by atoms with Gasteiger partial charge in [-0.2, -0.15) is 0 Å². The van der Waals surface area contributed by atoms with Crippen molar-refractivity contribution in [2.75, 3.05) is 9.80 Å². The highest BCUT2D eigenvalue weighted by molar-refractivity contribution is 6.18. The van der Waals surface area contributed by atoms with E-state index >= 15 is 0 Å². The van der Waals surface area contributed by atoms with Crippen molar-refractivity contribution >= 4 is 66.7 Å². The highest BCUT2D eigenvalue weighted by Gasteiger charge is 2.25. The first-order valence-electron chi connectivity index (χ1n) is 19.8. The number of para-hydroxylation sites is 5. The van der Waals surface area contributed by atoms with E-state index in [1.165, 1.54) is 55.0 Å². The third-order valence-corrected chi connectivity index (χ3v) is 11.6. The van der Waals surface area contributed by atoms with Gasteiger partial charge >= 0.3 is 0 Å². The Kier molecular flexibility index (Phi) is 7.96. The first-order valence-corrected chi connectivity index (χ1v) is 19.8. The molecule has 10 aromatic rings. The molecule has 9 aromatic carbocycles. The van der Waals surface area contributed by atoms with E-state index in [1.807, 2.05) is 0 Å². The van der Waals surface area contributed by atoms with Gasteiger partial charge in [-0.3, -0.25) is 0 Å². The van der Waals surface area contributed by atoms with Crippen molar-refractivity contribution in [3.63, 3.8) is 0 Å². The average Bonchev–Trinajstić information content (AvgIpc) is 3.61. The van der Waals surface area contributed by atoms with Crippen LogP contribution in [0.5, 0.6) is 0 Å². The van der Waals surface area contributed by atoms with Gasteiger partial charge < -0.3 is 14.4 Å². The normalized spacial score (nSPS) is 12.1. The molecule has 0 saturated heterocycles. The van der Waals surface area contributed by atoms with Gasteiger partial charge in [0.1, 0.15) is 0 Å². The lowest BCUT2D eigenvalue weighted by Gasteiger charge is -2.30. The summed E-state index contributed by atoms with van der Waals surface area (Å²) in [5.41, 5.74) is 15.6. The molecule has 0 N–H and O–H groups in total. The van der Waals surface area contributed by atoms with Crippen LogP contribution in [0.2, 0.25) is 0 Å². The first-order chi connectivity index (χ1) is 28.3. The summed E-state index contributed by atoms with van der Waals surface area (Å²) in [5, 5.41) is 5.02. The molecule has 1 aliphatic carbocycles. The number of hydrogen-bond acceptors (Lipinski definition) is 2. The minimum absolute atomic E-state index is 1.01. The summed E-state index contributed by atoms with van der Waals surface area (Å²) >= 11 is 0. The predicted molar refractivity (Wildman–Crippen MR) is 240 cm³/mol. The van der Waals surface area contributed by atoms with E-state index in [9.17, 15) is 0 Å². The van der Waals surface area contributed by atoms with E-state index in [1.54, 1.807) is 0 Å². The highest BCUT2D eigenvalue weighted by Crippen LogP contribution is 2.48. The lowest BCUT2D eigenvalue weighted by molar-refractivity contribution is 0.940. The molecule has 0 radical (unpaired) electrons. The van der Waals surface area contributed by atoms with E-state index < -0.39 is 0 Å². The van der Waals surface area contributed by atoms with Crippen molar-refractivity contribution < 1.29 is 0 Å². The van der Waals surface area contributed by atoms with Gasteiger partial charge in [-0.1, -0.05) is 127 Å². The molecule has 3 heteroatoms. The Morgan fingerprint density at radius 1 is 0.351 bits per heavy atom. The summed E-state index contributed by atoms with van der Waals surface area (Å²) in [6.07, 6.45) is 2.04. The molecule has 57 heavy (non-hydrogen) atoms. The van der Waals surface area contributed by atoms with Crippen LogP contribution in [0, 0.1) is 0 Å². The molecule has 270 valence electrons. The van der Waals surface area contributed by atoms with Gasteiger partial charge in [0, 0.05) is 39.2 Å². The van der Waals surface area contributed by atoms with Crippen molar-refractivity contribution in [3.8, 4) is 16.8 Å². The quantitative estimate of drug-likeness (QED) is 0.162. The van der Waals surface area contributed by atoms with E-state index in [4.69, 9.17) is 0 Å². The Morgan fingerprint density at radius 2 is 0.860 bits per heavy atom. The fraction of sp³-hybridized carbons (Fsp3) is 0.0370. The monoisotopic (exact) mass is 729 g/mol. The number of rotatable bonds is 7. The van der Waals surface area contributed by atoms with Crippen LogP contribution < -0.4 is 9.80 Å². The average molecular weight is 730 g/mol. The van der Waals surface area contributed by atoms with Crippen LogP contribution in [0.4, 0.5) is 34.1 Å². The Morgan fingerprint density at radius 3 is 1.47 bits per heavy atom. The Labute approximate surface area is 332 Å². The molecular weight excluding hydrogens is 691 g/mol. The summed E-state index contributed by atoms with van der Waals surface area (Å²) in [5.74, 6) is 0. The van der Waals surface area contributed by atoms with E-state index in [0.29, 0.717) is 0 Å². The second-order valence-corrected chi connectivity index (χ2v) is 14.9. The van der Waals surface area contributed by atoms with Gasteiger partial charge in [0.05, 0.1) is 22.4 Å². The van der Waals surface area contributed by atoms with E-state index in [2.05, 4.69) is 227 Å². The van der Waals surface area contributed by atoms with Crippen molar-refractivity contribution in [2.24, 2.45) is 0 Å². The molecule has 0 aliphatic heterocycles. The summed E-state index contributed by atoms with van der Waals surface area (Å²) < 4.78 is 2.50. The fourth-order valence-corrected chi connectivity index (χ4v) is 9.03. The van der Waals surface area contributed by atoms with Crippen molar-refractivity contribution in [2.45, 2.75) is 12.8 Å². The molecular formula is C54H39N3. The molecule has 3 nitrogen and oxygen atoms in total. The fourth-order valence-electron chi connectivity index (χ4n) is 9.03. The lowest BCUT2D eigenvalue weighted by Crippen LogP contribution is -2.14. The van der Waals surface area contributed by atoms with Gasteiger partial charge in [0.15, 0.2) is 0 Å². The highest BCUT2D eigenvalue weighted by atomic mass is 15.2. The van der Waals surface area contributed by atoms with Gasteiger partial charge in [-0.05, 0) is 131 Å². The second kappa shape index (κ2) is 13.7. The number of anilines is 6. The summed E-state index contributed by atoms with van der Waals surface area (Å²) in [6.45, 7) is 0. The van der Waals surface area contributed by atoms with Crippen LogP contribution in [0.3, 0.4) is 0 Å². The SMILES string of the molecule is c1ccc(N(c2ccccc2)c2cc(N(c3ccccc3)c3ccccc3)c3c4ccccc4n(-c4ccc5c(c4)CCc4cc6ccccc6cc4-5)c3c2)cc1. The number of aryl methyl sites for hydroxylation is 2. The molecule has 1 aliphatic rings. The maximum atomic E-state index is 2.50. The van der Waals surface area contributed by atoms with E-state index in [-0.39, 0.29) is 0 Å². The van der Waals surface area contributed by atoms with Crippen molar-refractivity contribution in [1.29, 1.82) is 0 Å². The standard InChI is InChI=1S/C54H39N3/c1-5-19-42(20-6-1)55(43-21-7-2-8-22-43)47-36-52(56(44-23-9-3-10-24-44)45-25-11-4-12-26-45)54-49-27-15-16-28-51(49)57(53(54)37-47)46-31-32-48-41(34-46)30-29-40-33-38-17-13-14-18-39(38)35-50(40)48/h1-28,31-37H,29-30H2. The van der Waals surface area contributed by atoms with Gasteiger partial charge in [0.25, 0.3) is 0 Å². The summed E-state index contributed by atoms with van der Waals surface area (Å²) in [7, 11) is 0. The molecule has 1 heterocycles. The maximum absolute atomic E-state index is 2.50. The zero-order chi connectivity index (χ0) is 37.7. The topological polar surface area (TPSA) is 11.4 Å². The third kappa shape index (κ3) is 5.67. The second-order valence-electron chi connectivity index (χ2n) is 14.9. The number of hydrogen-bond donors (Lipinski definition) is 0. The van der Waals surface area contributed by atoms with Crippen molar-refractivity contribution in [1.82, 2.24) is 4.57 Å².